The minimum absolute atomic E-state index is 0.0590. The maximum atomic E-state index is 14.2. The van der Waals surface area contributed by atoms with Crippen molar-refractivity contribution in [3.05, 3.63) is 75.5 Å². The van der Waals surface area contributed by atoms with Gasteiger partial charge < -0.3 is 13.7 Å². The molecule has 4 aromatic heterocycles. The molecule has 1 saturated carbocycles. The molecule has 0 unspecified atom stereocenters. The highest BCUT2D eigenvalue weighted by molar-refractivity contribution is 6.30. The Bertz CT molecular complexity index is 1710. The molecule has 0 atom stereocenters. The lowest BCUT2D eigenvalue weighted by atomic mass is 9.83. The Hall–Kier alpha value is -3.96. The third-order valence-corrected chi connectivity index (χ3v) is 7.52. The summed E-state index contributed by atoms with van der Waals surface area (Å²) in [7, 11) is 0. The number of fused-ring (bicyclic) bond motifs is 1. The molecule has 1 fully saturated rings. The van der Waals surface area contributed by atoms with Gasteiger partial charge in [0.15, 0.2) is 5.65 Å². The first-order chi connectivity index (χ1) is 19.4. The summed E-state index contributed by atoms with van der Waals surface area (Å²) in [6.07, 6.45) is 7.73. The molecule has 1 aliphatic carbocycles. The monoisotopic (exact) mass is 563 g/mol. The lowest BCUT2D eigenvalue weighted by Gasteiger charge is -2.27. The number of pyridine rings is 1. The molecular formula is C28H27ClFN7O3. The summed E-state index contributed by atoms with van der Waals surface area (Å²) in [5.41, 5.74) is 2.72. The summed E-state index contributed by atoms with van der Waals surface area (Å²) in [4.78, 5) is 30.1. The van der Waals surface area contributed by atoms with Crippen LogP contribution in [0.15, 0.2) is 51.9 Å². The molecule has 6 rings (SSSR count). The van der Waals surface area contributed by atoms with E-state index in [1.807, 2.05) is 0 Å². The lowest BCUT2D eigenvalue weighted by molar-refractivity contribution is 0.0963. The molecule has 1 aliphatic rings. The molecule has 1 aromatic carbocycles. The number of benzene rings is 1. The average molecular weight is 564 g/mol. The van der Waals surface area contributed by atoms with Crippen molar-refractivity contribution in [3.8, 4) is 23.0 Å². The number of hydrogen-bond acceptors (Lipinski definition) is 8. The Kier molecular flexibility index (Phi) is 7.40. The quantitative estimate of drug-likeness (QED) is 0.260. The zero-order chi connectivity index (χ0) is 27.6. The van der Waals surface area contributed by atoms with Crippen LogP contribution in [0, 0.1) is 17.7 Å². The molecule has 0 bridgehead atoms. The molecule has 1 N–H and O–H groups in total. The number of ether oxygens (including phenoxy) is 1. The van der Waals surface area contributed by atoms with Crippen molar-refractivity contribution in [3.63, 3.8) is 0 Å². The van der Waals surface area contributed by atoms with E-state index >= 15 is 0 Å². The third kappa shape index (κ3) is 5.52. The highest BCUT2D eigenvalue weighted by Crippen LogP contribution is 2.34. The van der Waals surface area contributed by atoms with E-state index in [1.165, 1.54) is 18.9 Å². The lowest BCUT2D eigenvalue weighted by Crippen LogP contribution is -2.19. The SMILES string of the molecule is C[C@H]1CC[C@H](Cn2c(COCc3ccccc3F)nc3nc(-c4n[nH]c(=O)o4)nc(-c4cncc(Cl)c4)c32)CC1. The summed E-state index contributed by atoms with van der Waals surface area (Å²) in [5, 5.41) is 6.59. The first-order valence-corrected chi connectivity index (χ1v) is 13.6. The van der Waals surface area contributed by atoms with Crippen LogP contribution in [0.2, 0.25) is 5.02 Å². The van der Waals surface area contributed by atoms with E-state index in [2.05, 4.69) is 31.7 Å². The molecule has 0 aliphatic heterocycles. The maximum absolute atomic E-state index is 14.2. The number of nitrogens with one attached hydrogen (secondary N) is 1. The van der Waals surface area contributed by atoms with Gasteiger partial charge in [-0.3, -0.25) is 4.98 Å². The summed E-state index contributed by atoms with van der Waals surface area (Å²) < 4.78 is 27.4. The van der Waals surface area contributed by atoms with Crippen LogP contribution in [0.1, 0.15) is 44.0 Å². The van der Waals surface area contributed by atoms with Crippen molar-refractivity contribution in [1.82, 2.24) is 34.7 Å². The third-order valence-electron chi connectivity index (χ3n) is 7.31. The molecule has 10 nitrogen and oxygen atoms in total. The molecule has 40 heavy (non-hydrogen) atoms. The summed E-state index contributed by atoms with van der Waals surface area (Å²) >= 11 is 6.30. The molecule has 4 heterocycles. The van der Waals surface area contributed by atoms with Crippen molar-refractivity contribution in [1.29, 1.82) is 0 Å². The minimum atomic E-state index is -0.719. The Morgan fingerprint density at radius 1 is 1.12 bits per heavy atom. The predicted octanol–water partition coefficient (Wildman–Crippen LogP) is 5.57. The van der Waals surface area contributed by atoms with Gasteiger partial charge in [0.1, 0.15) is 29.5 Å². The van der Waals surface area contributed by atoms with Gasteiger partial charge in [0.25, 0.3) is 5.89 Å². The van der Waals surface area contributed by atoms with E-state index in [0.717, 1.165) is 12.8 Å². The fourth-order valence-corrected chi connectivity index (χ4v) is 5.36. The average Bonchev–Trinajstić information content (AvgIpc) is 3.54. The molecule has 0 radical (unpaired) electrons. The largest absolute Gasteiger partial charge is 0.434 e. The Balaban J connectivity index is 1.46. The molecule has 12 heteroatoms. The van der Waals surface area contributed by atoms with E-state index < -0.39 is 5.76 Å². The van der Waals surface area contributed by atoms with Gasteiger partial charge in [-0.15, -0.1) is 5.10 Å². The number of H-pyrrole nitrogens is 1. The van der Waals surface area contributed by atoms with Crippen molar-refractivity contribution in [2.24, 2.45) is 11.8 Å². The van der Waals surface area contributed by atoms with Crippen molar-refractivity contribution in [2.45, 2.75) is 52.4 Å². The normalized spacial score (nSPS) is 17.5. The second kappa shape index (κ2) is 11.3. The molecular weight excluding hydrogens is 537 g/mol. The number of aromatic amines is 1. The van der Waals surface area contributed by atoms with Crippen molar-refractivity contribution in [2.75, 3.05) is 0 Å². The topological polar surface area (TPSA) is 125 Å². The van der Waals surface area contributed by atoms with Gasteiger partial charge in [-0.1, -0.05) is 49.6 Å². The van der Waals surface area contributed by atoms with Crippen molar-refractivity contribution >= 4 is 22.8 Å². The second-order valence-corrected chi connectivity index (χ2v) is 10.7. The van der Waals surface area contributed by atoms with Crippen LogP contribution in [0.4, 0.5) is 4.39 Å². The molecule has 0 saturated heterocycles. The number of imidazole rings is 1. The predicted molar refractivity (Wildman–Crippen MR) is 146 cm³/mol. The molecule has 0 amide bonds. The Labute approximate surface area is 233 Å². The molecule has 5 aromatic rings. The van der Waals surface area contributed by atoms with Gasteiger partial charge in [0.2, 0.25) is 5.82 Å². The van der Waals surface area contributed by atoms with E-state index in [-0.39, 0.29) is 30.7 Å². The number of rotatable bonds is 8. The van der Waals surface area contributed by atoms with Gasteiger partial charge in [0, 0.05) is 30.1 Å². The van der Waals surface area contributed by atoms with Gasteiger partial charge in [-0.25, -0.2) is 29.2 Å². The van der Waals surface area contributed by atoms with E-state index in [9.17, 15) is 9.18 Å². The highest BCUT2D eigenvalue weighted by atomic mass is 35.5. The first-order valence-electron chi connectivity index (χ1n) is 13.2. The van der Waals surface area contributed by atoms with Gasteiger partial charge in [-0.2, -0.15) is 0 Å². The van der Waals surface area contributed by atoms with Gasteiger partial charge in [0.05, 0.1) is 11.6 Å². The van der Waals surface area contributed by atoms with Crippen LogP contribution >= 0.6 is 11.6 Å². The fraction of sp³-hybridized carbons (Fsp3) is 0.357. The first kappa shape index (κ1) is 26.3. The van der Waals surface area contributed by atoms with E-state index in [0.29, 0.717) is 57.2 Å². The van der Waals surface area contributed by atoms with Gasteiger partial charge >= 0.3 is 5.76 Å². The number of nitrogens with zero attached hydrogens (tertiary/aromatic N) is 6. The smallest absolute Gasteiger partial charge is 0.384 e. The number of halogens is 2. The summed E-state index contributed by atoms with van der Waals surface area (Å²) in [5.74, 6) is 0.779. The fourth-order valence-electron chi connectivity index (χ4n) is 5.19. The van der Waals surface area contributed by atoms with E-state index in [4.69, 9.17) is 30.7 Å². The molecule has 206 valence electrons. The van der Waals surface area contributed by atoms with Crippen LogP contribution in [0.3, 0.4) is 0 Å². The summed E-state index contributed by atoms with van der Waals surface area (Å²) in [6.45, 7) is 3.21. The molecule has 0 spiro atoms. The summed E-state index contributed by atoms with van der Waals surface area (Å²) in [6, 6.07) is 8.29. The standard InChI is InChI=1S/C28H27ClFN7O3/c1-16-6-8-17(9-7-16)13-37-22(15-39-14-18-4-2-3-5-21(18)30)32-25-24(37)23(19-10-20(29)12-31-11-19)33-26(34-25)27-35-36-28(38)40-27/h2-5,10-12,16-17H,6-9,13-15H2,1H3,(H,36,38)/t16-,17-. The maximum Gasteiger partial charge on any atom is 0.434 e. The van der Waals surface area contributed by atoms with Crippen LogP contribution < -0.4 is 5.76 Å². The van der Waals surface area contributed by atoms with Crippen LogP contribution in [-0.2, 0) is 24.5 Å². The second-order valence-electron chi connectivity index (χ2n) is 10.2. The zero-order valence-electron chi connectivity index (χ0n) is 21.8. The Morgan fingerprint density at radius 2 is 1.95 bits per heavy atom. The Morgan fingerprint density at radius 3 is 2.70 bits per heavy atom. The van der Waals surface area contributed by atoms with Crippen molar-refractivity contribution < 1.29 is 13.5 Å². The van der Waals surface area contributed by atoms with Gasteiger partial charge in [-0.05, 0) is 36.8 Å². The van der Waals surface area contributed by atoms with Crippen LogP contribution in [-0.4, -0.2) is 34.7 Å². The number of aromatic nitrogens is 7. The minimum Gasteiger partial charge on any atom is -0.384 e. The number of hydrogen-bond donors (Lipinski definition) is 1. The highest BCUT2D eigenvalue weighted by Gasteiger charge is 2.26. The van der Waals surface area contributed by atoms with Crippen LogP contribution in [0.5, 0.6) is 0 Å². The zero-order valence-corrected chi connectivity index (χ0v) is 22.6. The van der Waals surface area contributed by atoms with Crippen LogP contribution in [0.25, 0.3) is 34.1 Å². The van der Waals surface area contributed by atoms with E-state index in [1.54, 1.807) is 36.7 Å².